The molecule has 0 aliphatic carbocycles. The maximum absolute atomic E-state index is 12.8. The van der Waals surface area contributed by atoms with E-state index in [0.717, 1.165) is 44.9 Å². The molecule has 1 aliphatic heterocycles. The highest BCUT2D eigenvalue weighted by molar-refractivity contribution is 5.76. The minimum atomic E-state index is -1.57. The number of allylic oxidation sites excluding steroid dienone is 3. The Bertz CT molecular complexity index is 822. The second-order valence-electron chi connectivity index (χ2n) is 14.1. The van der Waals surface area contributed by atoms with E-state index in [-0.39, 0.29) is 12.5 Å². The van der Waals surface area contributed by atoms with Crippen molar-refractivity contribution in [2.75, 3.05) is 13.2 Å². The van der Waals surface area contributed by atoms with E-state index in [1.165, 1.54) is 103 Å². The number of carbonyl (C=O) groups excluding carboxylic acids is 1. The van der Waals surface area contributed by atoms with Crippen LogP contribution < -0.4 is 5.32 Å². The molecule has 9 nitrogen and oxygen atoms in total. The van der Waals surface area contributed by atoms with E-state index in [1.807, 2.05) is 6.08 Å². The Labute approximate surface area is 298 Å². The predicted molar refractivity (Wildman–Crippen MR) is 198 cm³/mol. The van der Waals surface area contributed by atoms with Crippen LogP contribution in [-0.4, -0.2) is 87.5 Å². The standard InChI is InChI=1S/C40H75NO8/c1-3-5-7-9-11-12-13-14-15-16-17-18-19-20-21-22-24-26-28-30-36(44)41-33(34(43)29-27-25-23-10-8-6-4-2)32-48-40-39(47)38(46)37(45)35(31-42)49-40/h8,10,27,29,33-35,37-40,42-43,45-47H,3-7,9,11-26,28,30-32H2,1-2H3,(H,41,44)/b10-8+,29-27+. The second-order valence-corrected chi connectivity index (χ2v) is 14.1. The first kappa shape index (κ1) is 45.7. The molecular weight excluding hydrogens is 622 g/mol. The summed E-state index contributed by atoms with van der Waals surface area (Å²) in [6.45, 7) is 3.63. The summed E-state index contributed by atoms with van der Waals surface area (Å²) in [7, 11) is 0. The van der Waals surface area contributed by atoms with Gasteiger partial charge < -0.3 is 40.3 Å². The van der Waals surface area contributed by atoms with Gasteiger partial charge in [0.15, 0.2) is 6.29 Å². The van der Waals surface area contributed by atoms with E-state index in [1.54, 1.807) is 6.08 Å². The maximum atomic E-state index is 12.8. The third-order valence-corrected chi connectivity index (χ3v) is 9.51. The van der Waals surface area contributed by atoms with Crippen LogP contribution in [0.3, 0.4) is 0 Å². The molecule has 1 fully saturated rings. The van der Waals surface area contributed by atoms with Crippen molar-refractivity contribution in [2.24, 2.45) is 0 Å². The summed E-state index contributed by atoms with van der Waals surface area (Å²) in [6, 6.07) is -0.813. The second kappa shape index (κ2) is 31.4. The van der Waals surface area contributed by atoms with Crippen molar-refractivity contribution in [3.63, 3.8) is 0 Å². The van der Waals surface area contributed by atoms with Crippen molar-refractivity contribution < 1.29 is 39.8 Å². The van der Waals surface area contributed by atoms with Crippen LogP contribution in [0.5, 0.6) is 0 Å². The van der Waals surface area contributed by atoms with Crippen LogP contribution in [0.4, 0.5) is 0 Å². The zero-order valence-electron chi connectivity index (χ0n) is 31.2. The lowest BCUT2D eigenvalue weighted by atomic mass is 9.99. The number of amides is 1. The van der Waals surface area contributed by atoms with E-state index in [4.69, 9.17) is 9.47 Å². The van der Waals surface area contributed by atoms with Crippen LogP contribution in [0.1, 0.15) is 168 Å². The van der Waals surface area contributed by atoms with Gasteiger partial charge in [0.25, 0.3) is 0 Å². The third-order valence-electron chi connectivity index (χ3n) is 9.51. The van der Waals surface area contributed by atoms with E-state index in [9.17, 15) is 30.3 Å². The minimum absolute atomic E-state index is 0.190. The van der Waals surface area contributed by atoms with Crippen molar-refractivity contribution in [2.45, 2.75) is 211 Å². The number of aliphatic hydroxyl groups excluding tert-OH is 5. The molecule has 1 saturated heterocycles. The van der Waals surface area contributed by atoms with Gasteiger partial charge in [-0.3, -0.25) is 4.79 Å². The lowest BCUT2D eigenvalue weighted by Gasteiger charge is -2.40. The molecule has 9 heteroatoms. The molecule has 0 aromatic carbocycles. The monoisotopic (exact) mass is 698 g/mol. The van der Waals surface area contributed by atoms with Gasteiger partial charge in [-0.2, -0.15) is 0 Å². The van der Waals surface area contributed by atoms with Crippen molar-refractivity contribution >= 4 is 5.91 Å². The molecule has 7 atom stereocenters. The Kier molecular flexibility index (Phi) is 29.3. The molecule has 7 unspecified atom stereocenters. The summed E-state index contributed by atoms with van der Waals surface area (Å²) in [5, 5.41) is 53.7. The largest absolute Gasteiger partial charge is 0.394 e. The van der Waals surface area contributed by atoms with Crippen LogP contribution in [0.15, 0.2) is 24.3 Å². The van der Waals surface area contributed by atoms with Gasteiger partial charge in [-0.25, -0.2) is 0 Å². The molecule has 0 bridgehead atoms. The van der Waals surface area contributed by atoms with E-state index in [0.29, 0.717) is 6.42 Å². The molecule has 0 aromatic rings. The minimum Gasteiger partial charge on any atom is -0.394 e. The molecule has 1 rings (SSSR count). The van der Waals surface area contributed by atoms with Crippen molar-refractivity contribution in [1.82, 2.24) is 5.32 Å². The number of ether oxygens (including phenoxy) is 2. The smallest absolute Gasteiger partial charge is 0.220 e. The van der Waals surface area contributed by atoms with Crippen molar-refractivity contribution in [1.29, 1.82) is 0 Å². The summed E-state index contributed by atoms with van der Waals surface area (Å²) in [6.07, 6.45) is 28.3. The molecule has 0 radical (unpaired) electrons. The molecule has 1 heterocycles. The van der Waals surface area contributed by atoms with Crippen LogP contribution >= 0.6 is 0 Å². The summed E-state index contributed by atoms with van der Waals surface area (Å²) in [5.74, 6) is -0.190. The molecule has 288 valence electrons. The number of hydrogen-bond donors (Lipinski definition) is 6. The van der Waals surface area contributed by atoms with Crippen LogP contribution in [-0.2, 0) is 14.3 Å². The SMILES string of the molecule is CCC/C=C/CC/C=C/C(O)C(COC1OC(CO)C(O)C(O)C1O)NC(=O)CCCCCCCCCCCCCCCCCCCCC. The zero-order valence-corrected chi connectivity index (χ0v) is 31.2. The highest BCUT2D eigenvalue weighted by Crippen LogP contribution is 2.22. The zero-order chi connectivity index (χ0) is 36.0. The van der Waals surface area contributed by atoms with E-state index < -0.39 is 49.5 Å². The molecule has 0 spiro atoms. The summed E-state index contributed by atoms with van der Waals surface area (Å²) < 4.78 is 11.1. The third kappa shape index (κ3) is 23.0. The van der Waals surface area contributed by atoms with Crippen molar-refractivity contribution in [3.05, 3.63) is 24.3 Å². The molecular formula is C40H75NO8. The van der Waals surface area contributed by atoms with Gasteiger partial charge in [-0.1, -0.05) is 160 Å². The molecule has 0 saturated carbocycles. The van der Waals surface area contributed by atoms with Gasteiger partial charge in [0.1, 0.15) is 24.4 Å². The number of carbonyl (C=O) groups is 1. The predicted octanol–water partition coefficient (Wildman–Crippen LogP) is 7.16. The number of rotatable bonds is 32. The Morgan fingerprint density at radius 1 is 0.673 bits per heavy atom. The number of nitrogens with one attached hydrogen (secondary N) is 1. The number of aliphatic hydroxyl groups is 5. The highest BCUT2D eigenvalue weighted by Gasteiger charge is 2.44. The van der Waals surface area contributed by atoms with Gasteiger partial charge in [-0.15, -0.1) is 0 Å². The normalized spacial score (nSPS) is 22.6. The quantitative estimate of drug-likeness (QED) is 0.0320. The summed E-state index contributed by atoms with van der Waals surface area (Å²) >= 11 is 0. The summed E-state index contributed by atoms with van der Waals surface area (Å²) in [5.41, 5.74) is 0. The average molecular weight is 698 g/mol. The van der Waals surface area contributed by atoms with Gasteiger partial charge in [0, 0.05) is 6.42 Å². The van der Waals surface area contributed by atoms with E-state index >= 15 is 0 Å². The lowest BCUT2D eigenvalue weighted by molar-refractivity contribution is -0.302. The Morgan fingerprint density at radius 3 is 1.67 bits per heavy atom. The Hall–Kier alpha value is -1.33. The molecule has 0 aromatic heterocycles. The molecule has 1 aliphatic rings. The van der Waals surface area contributed by atoms with Gasteiger partial charge in [0.2, 0.25) is 5.91 Å². The van der Waals surface area contributed by atoms with Gasteiger partial charge in [0.05, 0.1) is 25.4 Å². The van der Waals surface area contributed by atoms with E-state index in [2.05, 4.69) is 31.3 Å². The highest BCUT2D eigenvalue weighted by atomic mass is 16.7. The van der Waals surface area contributed by atoms with Crippen LogP contribution in [0, 0.1) is 0 Å². The molecule has 49 heavy (non-hydrogen) atoms. The average Bonchev–Trinajstić information content (AvgIpc) is 3.10. The molecule has 1 amide bonds. The Morgan fingerprint density at radius 2 is 1.16 bits per heavy atom. The van der Waals surface area contributed by atoms with Gasteiger partial charge in [-0.05, 0) is 25.7 Å². The fourth-order valence-corrected chi connectivity index (χ4v) is 6.24. The fourth-order valence-electron chi connectivity index (χ4n) is 6.24. The first-order valence-electron chi connectivity index (χ1n) is 20.1. The Balaban J connectivity index is 2.29. The first-order chi connectivity index (χ1) is 23.8. The molecule has 6 N–H and O–H groups in total. The maximum Gasteiger partial charge on any atom is 0.220 e. The first-order valence-corrected chi connectivity index (χ1v) is 20.1. The van der Waals surface area contributed by atoms with Crippen molar-refractivity contribution in [3.8, 4) is 0 Å². The van der Waals surface area contributed by atoms with Gasteiger partial charge >= 0.3 is 0 Å². The number of hydrogen-bond acceptors (Lipinski definition) is 8. The number of unbranched alkanes of at least 4 members (excludes halogenated alkanes) is 20. The topological polar surface area (TPSA) is 149 Å². The van der Waals surface area contributed by atoms with Crippen LogP contribution in [0.25, 0.3) is 0 Å². The van der Waals surface area contributed by atoms with Crippen LogP contribution in [0.2, 0.25) is 0 Å². The fraction of sp³-hybridized carbons (Fsp3) is 0.875. The summed E-state index contributed by atoms with van der Waals surface area (Å²) in [4.78, 5) is 12.8. The lowest BCUT2D eigenvalue weighted by Crippen LogP contribution is -2.60.